The summed E-state index contributed by atoms with van der Waals surface area (Å²) < 4.78 is 0. The Balaban J connectivity index is 0.00000900. The summed E-state index contributed by atoms with van der Waals surface area (Å²) in [6, 6.07) is 0. The highest BCUT2D eigenvalue weighted by Gasteiger charge is 2.41. The van der Waals surface area contributed by atoms with E-state index in [1.54, 1.807) is 0 Å². The van der Waals surface area contributed by atoms with Crippen molar-refractivity contribution in [3.05, 3.63) is 0 Å². The number of aliphatic hydroxyl groups is 1. The van der Waals surface area contributed by atoms with Gasteiger partial charge in [-0.05, 0) is 45.7 Å². The summed E-state index contributed by atoms with van der Waals surface area (Å²) in [6.07, 6.45) is 30.8. The minimum absolute atomic E-state index is 0. The normalized spacial score (nSPS) is 21.4. The van der Waals surface area contributed by atoms with Crippen molar-refractivity contribution >= 4 is 12.4 Å². The van der Waals surface area contributed by atoms with Crippen LogP contribution in [0.4, 0.5) is 0 Å². The number of aliphatic hydroxyl groups excluding tert-OH is 1. The molecule has 1 N–H and O–H groups in total. The molecule has 0 bridgehead atoms. The maximum absolute atomic E-state index is 9.64. The van der Waals surface area contributed by atoms with E-state index in [1.807, 2.05) is 0 Å². The van der Waals surface area contributed by atoms with E-state index in [4.69, 9.17) is 0 Å². The van der Waals surface area contributed by atoms with Crippen molar-refractivity contribution in [2.45, 2.75) is 154 Å². The van der Waals surface area contributed by atoms with Crippen LogP contribution >= 0.6 is 12.4 Å². The van der Waals surface area contributed by atoms with Gasteiger partial charge in [-0.2, -0.15) is 0 Å². The van der Waals surface area contributed by atoms with Crippen LogP contribution in [-0.2, 0) is 0 Å². The van der Waals surface area contributed by atoms with Gasteiger partial charge in [-0.25, -0.2) is 0 Å². The smallest absolute Gasteiger partial charge is 0.0448 e. The van der Waals surface area contributed by atoms with Gasteiger partial charge in [0.15, 0.2) is 0 Å². The number of nitrogens with zero attached hydrogens (tertiary/aromatic N) is 1. The Hall–Kier alpha value is 0.210. The second kappa shape index (κ2) is 20.8. The first-order valence-corrected chi connectivity index (χ1v) is 14.0. The molecule has 1 fully saturated rings. The molecule has 2 unspecified atom stereocenters. The van der Waals surface area contributed by atoms with E-state index in [0.717, 1.165) is 12.3 Å². The zero-order valence-electron chi connectivity index (χ0n) is 21.6. The van der Waals surface area contributed by atoms with E-state index < -0.39 is 0 Å². The lowest BCUT2D eigenvalue weighted by molar-refractivity contribution is 0.00949. The monoisotopic (exact) mass is 459 g/mol. The fourth-order valence-corrected chi connectivity index (χ4v) is 5.98. The van der Waals surface area contributed by atoms with Gasteiger partial charge in [0, 0.05) is 12.1 Å². The Morgan fingerprint density at radius 3 is 1.58 bits per heavy atom. The standard InChI is InChI=1S/C28H57NO.ClH/c1-4-5-6-7-8-9-10-11-12-13-14-15-16-17-18-19-22-27-23-20-21-24-28(27,25-26-30)29(2)3;/h27,30H,4-26H2,1-3H3;1H. The van der Waals surface area contributed by atoms with Gasteiger partial charge in [0.05, 0.1) is 0 Å². The third kappa shape index (κ3) is 13.5. The van der Waals surface area contributed by atoms with Crippen molar-refractivity contribution in [2.75, 3.05) is 20.7 Å². The zero-order valence-corrected chi connectivity index (χ0v) is 22.5. The minimum Gasteiger partial charge on any atom is -0.396 e. The topological polar surface area (TPSA) is 23.5 Å². The van der Waals surface area contributed by atoms with E-state index in [9.17, 15) is 5.11 Å². The first-order chi connectivity index (χ1) is 14.7. The summed E-state index contributed by atoms with van der Waals surface area (Å²) in [5.41, 5.74) is 0.266. The lowest BCUT2D eigenvalue weighted by Gasteiger charge is -2.49. The van der Waals surface area contributed by atoms with Crippen LogP contribution in [0.3, 0.4) is 0 Å². The number of halogens is 1. The molecular formula is C28H58ClNO. The van der Waals surface area contributed by atoms with Gasteiger partial charge >= 0.3 is 0 Å². The van der Waals surface area contributed by atoms with Crippen LogP contribution in [0.1, 0.15) is 148 Å². The molecule has 0 aromatic heterocycles. The highest BCUT2D eigenvalue weighted by Crippen LogP contribution is 2.42. The maximum Gasteiger partial charge on any atom is 0.0448 e. The highest BCUT2D eigenvalue weighted by atomic mass is 35.5. The van der Waals surface area contributed by atoms with E-state index >= 15 is 0 Å². The molecule has 0 saturated heterocycles. The Morgan fingerprint density at radius 2 is 1.16 bits per heavy atom. The number of rotatable bonds is 20. The van der Waals surface area contributed by atoms with Gasteiger partial charge in [-0.1, -0.05) is 122 Å². The molecule has 1 saturated carbocycles. The molecule has 3 heteroatoms. The Labute approximate surface area is 202 Å². The first kappa shape index (κ1) is 31.2. The first-order valence-electron chi connectivity index (χ1n) is 14.0. The molecule has 0 radical (unpaired) electrons. The molecule has 1 rings (SSSR count). The molecular weight excluding hydrogens is 402 g/mol. The van der Waals surface area contributed by atoms with Gasteiger partial charge in [-0.3, -0.25) is 0 Å². The van der Waals surface area contributed by atoms with Crippen LogP contribution in [0, 0.1) is 5.92 Å². The molecule has 188 valence electrons. The predicted octanol–water partition coefficient (Wildman–Crippen LogP) is 8.93. The van der Waals surface area contributed by atoms with E-state index in [2.05, 4.69) is 25.9 Å². The summed E-state index contributed by atoms with van der Waals surface area (Å²) >= 11 is 0. The summed E-state index contributed by atoms with van der Waals surface area (Å²) in [4.78, 5) is 2.44. The van der Waals surface area contributed by atoms with Gasteiger partial charge in [-0.15, -0.1) is 12.4 Å². The third-order valence-electron chi connectivity index (χ3n) is 8.01. The van der Waals surface area contributed by atoms with Crippen molar-refractivity contribution < 1.29 is 5.11 Å². The molecule has 1 aliphatic carbocycles. The fourth-order valence-electron chi connectivity index (χ4n) is 5.98. The largest absolute Gasteiger partial charge is 0.396 e. The lowest BCUT2D eigenvalue weighted by Crippen LogP contribution is -2.52. The van der Waals surface area contributed by atoms with Crippen molar-refractivity contribution in [2.24, 2.45) is 5.92 Å². The van der Waals surface area contributed by atoms with Crippen molar-refractivity contribution in [1.82, 2.24) is 4.90 Å². The average Bonchev–Trinajstić information content (AvgIpc) is 2.74. The molecule has 0 aromatic rings. The lowest BCUT2D eigenvalue weighted by atomic mass is 9.68. The Morgan fingerprint density at radius 1 is 0.710 bits per heavy atom. The maximum atomic E-state index is 9.64. The van der Waals surface area contributed by atoms with Crippen molar-refractivity contribution in [1.29, 1.82) is 0 Å². The SMILES string of the molecule is CCCCCCCCCCCCCCCCCCC1CCCCC1(CCO)N(C)C.Cl. The molecule has 0 heterocycles. The van der Waals surface area contributed by atoms with E-state index in [1.165, 1.54) is 135 Å². The van der Waals surface area contributed by atoms with E-state index in [0.29, 0.717) is 6.61 Å². The molecule has 0 spiro atoms. The van der Waals surface area contributed by atoms with E-state index in [-0.39, 0.29) is 17.9 Å². The summed E-state index contributed by atoms with van der Waals surface area (Å²) in [5, 5.41) is 9.64. The summed E-state index contributed by atoms with van der Waals surface area (Å²) in [6.45, 7) is 2.64. The number of unbranched alkanes of at least 4 members (excludes halogenated alkanes) is 15. The number of hydrogen-bond donors (Lipinski definition) is 1. The average molecular weight is 460 g/mol. The minimum atomic E-state index is 0. The van der Waals surface area contributed by atoms with Crippen LogP contribution in [-0.4, -0.2) is 36.2 Å². The molecule has 0 amide bonds. The van der Waals surface area contributed by atoms with Crippen molar-refractivity contribution in [3.8, 4) is 0 Å². The van der Waals surface area contributed by atoms with Crippen LogP contribution in [0.15, 0.2) is 0 Å². The summed E-state index contributed by atoms with van der Waals surface area (Å²) in [5.74, 6) is 0.792. The van der Waals surface area contributed by atoms with Crippen LogP contribution in [0.5, 0.6) is 0 Å². The Bertz CT molecular complexity index is 372. The van der Waals surface area contributed by atoms with Crippen molar-refractivity contribution in [3.63, 3.8) is 0 Å². The number of hydrogen-bond acceptors (Lipinski definition) is 2. The molecule has 2 atom stereocenters. The van der Waals surface area contributed by atoms with Gasteiger partial charge in [0.1, 0.15) is 0 Å². The van der Waals surface area contributed by atoms with Gasteiger partial charge in [0.25, 0.3) is 0 Å². The van der Waals surface area contributed by atoms with Crippen LogP contribution < -0.4 is 0 Å². The van der Waals surface area contributed by atoms with Gasteiger partial charge < -0.3 is 10.0 Å². The van der Waals surface area contributed by atoms with Gasteiger partial charge in [0.2, 0.25) is 0 Å². The predicted molar refractivity (Wildman–Crippen MR) is 141 cm³/mol. The fraction of sp³-hybridized carbons (Fsp3) is 1.00. The second-order valence-corrected chi connectivity index (χ2v) is 10.5. The summed E-state index contributed by atoms with van der Waals surface area (Å²) in [7, 11) is 4.48. The quantitative estimate of drug-likeness (QED) is 0.183. The zero-order chi connectivity index (χ0) is 21.9. The molecule has 1 aliphatic rings. The second-order valence-electron chi connectivity index (χ2n) is 10.5. The third-order valence-corrected chi connectivity index (χ3v) is 8.01. The highest BCUT2D eigenvalue weighted by molar-refractivity contribution is 5.85. The Kier molecular flexibility index (Phi) is 20.9. The van der Waals surface area contributed by atoms with Crippen LogP contribution in [0.25, 0.3) is 0 Å². The van der Waals surface area contributed by atoms with Crippen LogP contribution in [0.2, 0.25) is 0 Å². The molecule has 2 nitrogen and oxygen atoms in total. The molecule has 31 heavy (non-hydrogen) atoms. The molecule has 0 aromatic carbocycles. The molecule has 0 aliphatic heterocycles.